The van der Waals surface area contributed by atoms with Crippen LogP contribution in [0.2, 0.25) is 0 Å². The lowest BCUT2D eigenvalue weighted by atomic mass is 9.84. The van der Waals surface area contributed by atoms with Crippen molar-refractivity contribution in [3.05, 3.63) is 70.8 Å². The molecule has 0 saturated carbocycles. The first-order valence-corrected chi connectivity index (χ1v) is 6.96. The van der Waals surface area contributed by atoms with Gasteiger partial charge in [0.25, 0.3) is 0 Å². The summed E-state index contributed by atoms with van der Waals surface area (Å²) in [6.45, 7) is 0.758. The molecule has 96 valence electrons. The lowest BCUT2D eigenvalue weighted by molar-refractivity contribution is 0.668. The van der Waals surface area contributed by atoms with Crippen LogP contribution in [0, 0.1) is 0 Å². The Morgan fingerprint density at radius 3 is 1.84 bits per heavy atom. The van der Waals surface area contributed by atoms with Crippen molar-refractivity contribution in [1.82, 2.24) is 0 Å². The molecule has 1 heteroatoms. The predicted octanol–water partition coefficient (Wildman–Crippen LogP) is 4.04. The molecular weight excluding hydrogens is 230 g/mol. The van der Waals surface area contributed by atoms with E-state index >= 15 is 0 Å². The van der Waals surface area contributed by atoms with Crippen LogP contribution in [0.3, 0.4) is 0 Å². The number of hydrogen-bond donors (Lipinski definition) is 1. The molecule has 0 amide bonds. The Balaban J connectivity index is 2.12. The number of rotatable bonds is 3. The van der Waals surface area contributed by atoms with Gasteiger partial charge in [-0.3, -0.25) is 0 Å². The van der Waals surface area contributed by atoms with Crippen LogP contribution < -0.4 is 5.73 Å². The van der Waals surface area contributed by atoms with Gasteiger partial charge in [0.05, 0.1) is 0 Å². The molecular formula is C18H19N. The fourth-order valence-corrected chi connectivity index (χ4v) is 2.94. The molecule has 3 rings (SSSR count). The Bertz CT molecular complexity index is 549. The molecule has 1 nitrogen and oxygen atoms in total. The van der Waals surface area contributed by atoms with E-state index in [0.717, 1.165) is 19.4 Å². The lowest BCUT2D eigenvalue weighted by Crippen LogP contribution is -2.07. The van der Waals surface area contributed by atoms with Crippen LogP contribution >= 0.6 is 0 Å². The van der Waals surface area contributed by atoms with Gasteiger partial charge in [-0.2, -0.15) is 0 Å². The van der Waals surface area contributed by atoms with E-state index in [0.29, 0.717) is 5.92 Å². The number of hydrogen-bond acceptors (Lipinski definition) is 1. The molecule has 2 aromatic carbocycles. The van der Waals surface area contributed by atoms with Crippen molar-refractivity contribution in [2.75, 3.05) is 6.54 Å². The fraction of sp³-hybridized carbons (Fsp3) is 0.222. The van der Waals surface area contributed by atoms with E-state index in [1.54, 1.807) is 0 Å². The van der Waals surface area contributed by atoms with Gasteiger partial charge in [0, 0.05) is 5.92 Å². The van der Waals surface area contributed by atoms with Gasteiger partial charge in [0.1, 0.15) is 0 Å². The zero-order valence-electron chi connectivity index (χ0n) is 11.0. The average molecular weight is 249 g/mol. The second kappa shape index (κ2) is 5.41. The summed E-state index contributed by atoms with van der Waals surface area (Å²) in [5, 5.41) is 0. The van der Waals surface area contributed by atoms with Crippen molar-refractivity contribution in [3.8, 4) is 0 Å². The Labute approximate surface area is 114 Å². The first-order chi connectivity index (χ1) is 9.40. The van der Waals surface area contributed by atoms with Gasteiger partial charge in [-0.05, 0) is 41.6 Å². The molecule has 0 unspecified atom stereocenters. The Morgan fingerprint density at radius 1 is 0.789 bits per heavy atom. The Kier molecular flexibility index (Phi) is 3.47. The van der Waals surface area contributed by atoms with Gasteiger partial charge >= 0.3 is 0 Å². The fourth-order valence-electron chi connectivity index (χ4n) is 2.94. The van der Waals surface area contributed by atoms with E-state index in [9.17, 15) is 0 Å². The molecule has 0 saturated heterocycles. The lowest BCUT2D eigenvalue weighted by Gasteiger charge is -2.20. The van der Waals surface area contributed by atoms with Crippen LogP contribution in [0.15, 0.2) is 48.5 Å². The largest absolute Gasteiger partial charge is 0.330 e. The smallest absolute Gasteiger partial charge is 0.0102 e. The van der Waals surface area contributed by atoms with E-state index in [-0.39, 0.29) is 0 Å². The summed E-state index contributed by atoms with van der Waals surface area (Å²) in [7, 11) is 0. The van der Waals surface area contributed by atoms with E-state index in [4.69, 9.17) is 5.73 Å². The molecule has 0 spiro atoms. The van der Waals surface area contributed by atoms with Gasteiger partial charge < -0.3 is 5.73 Å². The molecule has 2 N–H and O–H groups in total. The zero-order valence-corrected chi connectivity index (χ0v) is 11.0. The van der Waals surface area contributed by atoms with Crippen LogP contribution in [0.5, 0.6) is 0 Å². The van der Waals surface area contributed by atoms with Crippen molar-refractivity contribution in [3.63, 3.8) is 0 Å². The van der Waals surface area contributed by atoms with Crippen molar-refractivity contribution in [2.24, 2.45) is 5.73 Å². The maximum atomic E-state index is 5.71. The third-order valence-electron chi connectivity index (χ3n) is 3.88. The standard InChI is InChI=1S/C18H19N/c19-13-5-10-18-16-8-3-1-6-14(16)11-12-15-7-2-4-9-17(15)18/h1-4,6-9,11-12,18H,5,10,13,19H2. The quantitative estimate of drug-likeness (QED) is 0.872. The summed E-state index contributed by atoms with van der Waals surface area (Å²) in [4.78, 5) is 0. The zero-order chi connectivity index (χ0) is 13.1. The molecule has 1 aliphatic rings. The molecule has 0 aromatic heterocycles. The first kappa shape index (κ1) is 12.2. The maximum Gasteiger partial charge on any atom is 0.0102 e. The first-order valence-electron chi connectivity index (χ1n) is 6.96. The summed E-state index contributed by atoms with van der Waals surface area (Å²) in [6, 6.07) is 17.4. The SMILES string of the molecule is NCCCC1c2ccccc2C=Cc2ccccc21. The Hall–Kier alpha value is -1.86. The van der Waals surface area contributed by atoms with Crippen molar-refractivity contribution >= 4 is 12.2 Å². The second-order valence-electron chi connectivity index (χ2n) is 5.07. The van der Waals surface area contributed by atoms with Crippen molar-refractivity contribution in [2.45, 2.75) is 18.8 Å². The van der Waals surface area contributed by atoms with E-state index in [1.807, 2.05) is 0 Å². The van der Waals surface area contributed by atoms with E-state index in [1.165, 1.54) is 22.3 Å². The summed E-state index contributed by atoms with van der Waals surface area (Å²) >= 11 is 0. The average Bonchev–Trinajstić information content (AvgIpc) is 2.62. The van der Waals surface area contributed by atoms with Crippen LogP contribution in [0.4, 0.5) is 0 Å². The normalized spacial score (nSPS) is 13.7. The molecule has 0 radical (unpaired) electrons. The minimum absolute atomic E-state index is 0.464. The summed E-state index contributed by atoms with van der Waals surface area (Å²) in [6.07, 6.45) is 6.65. The van der Waals surface area contributed by atoms with Crippen molar-refractivity contribution < 1.29 is 0 Å². The third kappa shape index (κ3) is 2.34. The molecule has 19 heavy (non-hydrogen) atoms. The van der Waals surface area contributed by atoms with E-state index in [2.05, 4.69) is 60.7 Å². The molecule has 0 heterocycles. The molecule has 0 aliphatic heterocycles. The number of benzene rings is 2. The molecule has 0 bridgehead atoms. The van der Waals surface area contributed by atoms with E-state index < -0.39 is 0 Å². The molecule has 2 aromatic rings. The maximum absolute atomic E-state index is 5.71. The van der Waals surface area contributed by atoms with Gasteiger partial charge in [-0.1, -0.05) is 60.7 Å². The van der Waals surface area contributed by atoms with Gasteiger partial charge in [0.15, 0.2) is 0 Å². The van der Waals surface area contributed by atoms with Crippen LogP contribution in [0.1, 0.15) is 41.0 Å². The highest BCUT2D eigenvalue weighted by molar-refractivity contribution is 5.76. The second-order valence-corrected chi connectivity index (χ2v) is 5.07. The summed E-state index contributed by atoms with van der Waals surface area (Å²) < 4.78 is 0. The highest BCUT2D eigenvalue weighted by Crippen LogP contribution is 2.37. The number of fused-ring (bicyclic) bond motifs is 2. The Morgan fingerprint density at radius 2 is 1.32 bits per heavy atom. The number of nitrogens with two attached hydrogens (primary N) is 1. The molecule has 0 fully saturated rings. The molecule has 0 atom stereocenters. The predicted molar refractivity (Wildman–Crippen MR) is 81.9 cm³/mol. The van der Waals surface area contributed by atoms with Crippen LogP contribution in [-0.4, -0.2) is 6.54 Å². The molecule has 1 aliphatic carbocycles. The van der Waals surface area contributed by atoms with Crippen molar-refractivity contribution in [1.29, 1.82) is 0 Å². The minimum atomic E-state index is 0.464. The monoisotopic (exact) mass is 249 g/mol. The van der Waals surface area contributed by atoms with Crippen LogP contribution in [0.25, 0.3) is 12.2 Å². The third-order valence-corrected chi connectivity index (χ3v) is 3.88. The van der Waals surface area contributed by atoms with Gasteiger partial charge in [-0.25, -0.2) is 0 Å². The van der Waals surface area contributed by atoms with Crippen LogP contribution in [-0.2, 0) is 0 Å². The summed E-state index contributed by atoms with van der Waals surface area (Å²) in [5.41, 5.74) is 11.2. The highest BCUT2D eigenvalue weighted by Gasteiger charge is 2.20. The summed E-state index contributed by atoms with van der Waals surface area (Å²) in [5.74, 6) is 0.464. The minimum Gasteiger partial charge on any atom is -0.330 e. The topological polar surface area (TPSA) is 26.0 Å². The van der Waals surface area contributed by atoms with Gasteiger partial charge in [0.2, 0.25) is 0 Å². The highest BCUT2D eigenvalue weighted by atomic mass is 14.5. The van der Waals surface area contributed by atoms with Gasteiger partial charge in [-0.15, -0.1) is 0 Å².